The Hall–Kier alpha value is -7.96. The second-order valence-corrected chi connectivity index (χ2v) is 17.0. The maximum absolute atomic E-state index is 12.4. The van der Waals surface area contributed by atoms with Crippen LogP contribution in [0.15, 0.2) is 194 Å². The van der Waals surface area contributed by atoms with E-state index >= 15 is 0 Å². The third kappa shape index (κ3) is 25.3. The summed E-state index contributed by atoms with van der Waals surface area (Å²) in [7, 11) is 0. The lowest BCUT2D eigenvalue weighted by molar-refractivity contribution is -0.138. The molecule has 4 N–H and O–H groups in total. The van der Waals surface area contributed by atoms with Gasteiger partial charge in [-0.05, 0) is 147 Å². The normalized spacial score (nSPS) is 11.0. The largest absolute Gasteiger partial charge is 0.508 e. The molecule has 0 heterocycles. The van der Waals surface area contributed by atoms with Gasteiger partial charge >= 0.3 is 24.7 Å². The van der Waals surface area contributed by atoms with Crippen molar-refractivity contribution < 1.29 is 82.6 Å². The summed E-state index contributed by atoms with van der Waals surface area (Å²) in [5.41, 5.74) is 5.04. The highest BCUT2D eigenvalue weighted by Crippen LogP contribution is 2.33. The number of alkyl halides is 12. The molecule has 8 rings (SSSR count). The number of aliphatic hydroxyl groups is 2. The summed E-state index contributed by atoms with van der Waals surface area (Å²) in [5, 5.41) is 34.6. The Balaban J connectivity index is 0.000000254. The molecule has 0 saturated carbocycles. The minimum absolute atomic E-state index is 0.139. The van der Waals surface area contributed by atoms with Crippen LogP contribution in [0.25, 0.3) is 0 Å². The first kappa shape index (κ1) is 64.3. The molecule has 6 nitrogen and oxygen atoms in total. The molecule has 0 aliphatic rings. The van der Waals surface area contributed by atoms with Crippen LogP contribution in [0.2, 0.25) is 0 Å². The first-order chi connectivity index (χ1) is 36.5. The molecule has 0 radical (unpaired) electrons. The monoisotopic (exact) mass is 1100 g/mol. The number of halogens is 12. The van der Waals surface area contributed by atoms with Gasteiger partial charge < -0.3 is 29.9 Å². The van der Waals surface area contributed by atoms with Crippen LogP contribution in [0, 0.1) is 27.7 Å². The van der Waals surface area contributed by atoms with Crippen LogP contribution < -0.4 is 9.47 Å². The maximum Gasteiger partial charge on any atom is 0.416 e. The average molecular weight is 1100 g/mol. The molecular formula is C60H56F12O6. The van der Waals surface area contributed by atoms with Crippen molar-refractivity contribution in [3.8, 4) is 23.0 Å². The van der Waals surface area contributed by atoms with Crippen molar-refractivity contribution in [2.75, 3.05) is 0 Å². The first-order valence-electron chi connectivity index (χ1n) is 23.3. The Morgan fingerprint density at radius 3 is 0.744 bits per heavy atom. The van der Waals surface area contributed by atoms with Gasteiger partial charge in [0.1, 0.15) is 36.2 Å². The summed E-state index contributed by atoms with van der Waals surface area (Å²) in [6.45, 7) is 8.46. The van der Waals surface area contributed by atoms with E-state index < -0.39 is 47.0 Å². The Bertz CT molecular complexity index is 2780. The zero-order valence-electron chi connectivity index (χ0n) is 42.4. The third-order valence-electron chi connectivity index (χ3n) is 10.4. The molecule has 0 aromatic heterocycles. The SMILES string of the molecule is Cc1ccc(CO)cc1.Cc1ccc(COc2ccc(C(F)(F)F)cc2)cc1.Cc1ccc(O)cc1.Cc1ccc(OCc2ccc(C(F)(F)F)cc2)cc1.OCc1ccc(C(F)(F)F)cc1.Oc1ccc(C(F)(F)F)cc1. The van der Waals surface area contributed by atoms with E-state index in [1.807, 2.05) is 113 Å². The molecule has 0 bridgehead atoms. The molecule has 8 aromatic rings. The average Bonchev–Trinajstić information content (AvgIpc) is 3.40. The zero-order valence-corrected chi connectivity index (χ0v) is 42.4. The van der Waals surface area contributed by atoms with Crippen LogP contribution in [0.1, 0.15) is 66.8 Å². The van der Waals surface area contributed by atoms with Gasteiger partial charge in [-0.25, -0.2) is 0 Å². The van der Waals surface area contributed by atoms with Gasteiger partial charge in [-0.3, -0.25) is 0 Å². The van der Waals surface area contributed by atoms with Crippen LogP contribution in [0.3, 0.4) is 0 Å². The van der Waals surface area contributed by atoms with Crippen molar-refractivity contribution in [3.05, 3.63) is 261 Å². The van der Waals surface area contributed by atoms with Crippen LogP contribution in [-0.2, 0) is 51.1 Å². The predicted molar refractivity (Wildman–Crippen MR) is 274 cm³/mol. The molecule has 0 aliphatic heterocycles. The molecule has 0 amide bonds. The van der Waals surface area contributed by atoms with Crippen molar-refractivity contribution in [2.24, 2.45) is 0 Å². The first-order valence-corrected chi connectivity index (χ1v) is 23.3. The fourth-order valence-corrected chi connectivity index (χ4v) is 5.87. The van der Waals surface area contributed by atoms with E-state index in [-0.39, 0.29) is 25.6 Å². The van der Waals surface area contributed by atoms with Gasteiger partial charge in [0, 0.05) is 0 Å². The number of phenols is 2. The summed E-state index contributed by atoms with van der Waals surface area (Å²) in [4.78, 5) is 0. The molecule has 0 unspecified atom stereocenters. The zero-order chi connectivity index (χ0) is 58.1. The molecule has 78 heavy (non-hydrogen) atoms. The lowest BCUT2D eigenvalue weighted by Crippen LogP contribution is -2.05. The van der Waals surface area contributed by atoms with Gasteiger partial charge in [-0.2, -0.15) is 52.7 Å². The third-order valence-corrected chi connectivity index (χ3v) is 10.4. The fraction of sp³-hybridized carbons (Fsp3) is 0.200. The topological polar surface area (TPSA) is 99.4 Å². The molecule has 0 fully saturated rings. The second-order valence-electron chi connectivity index (χ2n) is 17.0. The Morgan fingerprint density at radius 2 is 0.474 bits per heavy atom. The molecule has 8 aromatic carbocycles. The number of aromatic hydroxyl groups is 2. The van der Waals surface area contributed by atoms with Crippen LogP contribution in [0.4, 0.5) is 52.7 Å². The molecule has 416 valence electrons. The number of phenolic OH excluding ortho intramolecular Hbond substituents is 2. The van der Waals surface area contributed by atoms with E-state index in [1.165, 1.54) is 47.5 Å². The minimum Gasteiger partial charge on any atom is -0.508 e. The molecule has 0 saturated heterocycles. The molecular weight excluding hydrogens is 1040 g/mol. The summed E-state index contributed by atoms with van der Waals surface area (Å²) in [6.07, 6.45) is -17.2. The highest BCUT2D eigenvalue weighted by Gasteiger charge is 2.32. The van der Waals surface area contributed by atoms with E-state index in [0.29, 0.717) is 35.0 Å². The molecule has 18 heteroatoms. The van der Waals surface area contributed by atoms with Gasteiger partial charge in [0.2, 0.25) is 0 Å². The molecule has 0 aliphatic carbocycles. The standard InChI is InChI=1S/2C15H13F3O.C8H7F3O.C8H10O.C7H5F3O.C7H8O/c1-11-2-8-14(9-3-11)19-10-12-4-6-13(7-5-12)15(16,17)18;1-11-2-4-12(5-3-11)10-19-14-8-6-13(7-9-14)15(16,17)18;9-8(10,11)7-3-1-6(5-12)2-4-7;1-7-2-4-8(6-9)5-3-7;8-7(9,10)5-1-3-6(11)4-2-5;1-6-2-4-7(8)5-3-6/h2*2-9H,10H2,1H3;1-4,12H,5H2;2-5,9H,6H2,1H3;1-4,11H;2-5,8H,1H3. The number of benzene rings is 8. The fourth-order valence-electron chi connectivity index (χ4n) is 5.87. The van der Waals surface area contributed by atoms with Gasteiger partial charge in [0.05, 0.1) is 35.5 Å². The number of hydrogen-bond acceptors (Lipinski definition) is 6. The number of aliphatic hydroxyl groups excluding tert-OH is 2. The smallest absolute Gasteiger partial charge is 0.416 e. The summed E-state index contributed by atoms with van der Waals surface area (Å²) in [5.74, 6) is 1.28. The number of hydrogen-bond donors (Lipinski definition) is 4. The molecule has 0 spiro atoms. The van der Waals surface area contributed by atoms with Gasteiger partial charge in [-0.15, -0.1) is 0 Å². The van der Waals surface area contributed by atoms with Gasteiger partial charge in [0.25, 0.3) is 0 Å². The second kappa shape index (κ2) is 30.7. The lowest BCUT2D eigenvalue weighted by Gasteiger charge is -2.09. The Morgan fingerprint density at radius 1 is 0.282 bits per heavy atom. The van der Waals surface area contributed by atoms with Gasteiger partial charge in [-0.1, -0.05) is 119 Å². The van der Waals surface area contributed by atoms with E-state index in [1.54, 1.807) is 12.1 Å². The van der Waals surface area contributed by atoms with Crippen molar-refractivity contribution >= 4 is 0 Å². The van der Waals surface area contributed by atoms with E-state index in [4.69, 9.17) is 29.9 Å². The summed E-state index contributed by atoms with van der Waals surface area (Å²) in [6, 6.07) is 48.0. The Kier molecular flexibility index (Phi) is 25.3. The summed E-state index contributed by atoms with van der Waals surface area (Å²) < 4.78 is 157. The Labute approximate surface area is 444 Å². The van der Waals surface area contributed by atoms with E-state index in [2.05, 4.69) is 0 Å². The lowest BCUT2D eigenvalue weighted by atomic mass is 10.1. The quantitative estimate of drug-likeness (QED) is 0.113. The molecule has 0 atom stereocenters. The maximum atomic E-state index is 12.4. The highest BCUT2D eigenvalue weighted by molar-refractivity contribution is 5.32. The summed E-state index contributed by atoms with van der Waals surface area (Å²) >= 11 is 0. The van der Waals surface area contributed by atoms with Gasteiger partial charge in [0.15, 0.2) is 0 Å². The predicted octanol–water partition coefficient (Wildman–Crippen LogP) is 17.0. The number of ether oxygens (including phenoxy) is 2. The van der Waals surface area contributed by atoms with Crippen LogP contribution >= 0.6 is 0 Å². The highest BCUT2D eigenvalue weighted by atomic mass is 19.4. The number of rotatable bonds is 8. The van der Waals surface area contributed by atoms with Crippen molar-refractivity contribution in [1.82, 2.24) is 0 Å². The van der Waals surface area contributed by atoms with E-state index in [0.717, 1.165) is 82.9 Å². The van der Waals surface area contributed by atoms with Crippen LogP contribution in [-0.4, -0.2) is 20.4 Å². The van der Waals surface area contributed by atoms with Crippen molar-refractivity contribution in [1.29, 1.82) is 0 Å². The van der Waals surface area contributed by atoms with E-state index in [9.17, 15) is 52.7 Å². The number of aryl methyl sites for hydroxylation is 4. The minimum atomic E-state index is -4.33. The van der Waals surface area contributed by atoms with Crippen LogP contribution in [0.5, 0.6) is 23.0 Å². The van der Waals surface area contributed by atoms with Crippen molar-refractivity contribution in [3.63, 3.8) is 0 Å². The van der Waals surface area contributed by atoms with Crippen molar-refractivity contribution in [2.45, 2.75) is 78.8 Å².